The fraction of sp³-hybridized carbons (Fsp3) is 0.900. The second-order valence-electron chi connectivity index (χ2n) is 3.83. The van der Waals surface area contributed by atoms with Crippen LogP contribution in [0.4, 0.5) is 0 Å². The Bertz CT molecular complexity index is 181. The van der Waals surface area contributed by atoms with Gasteiger partial charge in [0, 0.05) is 0 Å². The van der Waals surface area contributed by atoms with E-state index in [2.05, 4.69) is 5.32 Å². The summed E-state index contributed by atoms with van der Waals surface area (Å²) in [5.41, 5.74) is 5.26. The van der Waals surface area contributed by atoms with Gasteiger partial charge in [0.25, 0.3) is 0 Å². The first-order valence-electron chi connectivity index (χ1n) is 5.34. The first-order chi connectivity index (χ1) is 6.74. The highest BCUT2D eigenvalue weighted by Crippen LogP contribution is 2.21. The van der Waals surface area contributed by atoms with Gasteiger partial charge in [-0.05, 0) is 43.2 Å². The number of nitrogens with two attached hydrogens (primary N) is 1. The smallest absolute Gasteiger partial charge is 0.234 e. The SMILES string of the molecule is CCC(NCC1CCSCC1)C(N)=O. The molecule has 1 unspecified atom stereocenters. The second-order valence-corrected chi connectivity index (χ2v) is 5.05. The largest absolute Gasteiger partial charge is 0.368 e. The normalized spacial score (nSPS) is 20.6. The average Bonchev–Trinajstić information content (AvgIpc) is 2.20. The van der Waals surface area contributed by atoms with Gasteiger partial charge in [-0.1, -0.05) is 6.92 Å². The van der Waals surface area contributed by atoms with Gasteiger partial charge >= 0.3 is 0 Å². The standard InChI is InChI=1S/C10H20N2OS/c1-2-9(10(11)13)12-7-8-3-5-14-6-4-8/h8-9,12H,2-7H2,1H3,(H2,11,13). The van der Waals surface area contributed by atoms with E-state index in [0.717, 1.165) is 18.9 Å². The average molecular weight is 216 g/mol. The van der Waals surface area contributed by atoms with E-state index in [1.807, 2.05) is 18.7 Å². The maximum Gasteiger partial charge on any atom is 0.234 e. The quantitative estimate of drug-likeness (QED) is 0.720. The maximum absolute atomic E-state index is 11.0. The molecule has 0 aromatic carbocycles. The minimum Gasteiger partial charge on any atom is -0.368 e. The van der Waals surface area contributed by atoms with E-state index < -0.39 is 0 Å². The van der Waals surface area contributed by atoms with Crippen LogP contribution < -0.4 is 11.1 Å². The Morgan fingerprint density at radius 1 is 1.57 bits per heavy atom. The van der Waals surface area contributed by atoms with Crippen LogP contribution >= 0.6 is 11.8 Å². The summed E-state index contributed by atoms with van der Waals surface area (Å²) in [6, 6.07) is -0.135. The molecule has 0 aromatic rings. The topological polar surface area (TPSA) is 55.1 Å². The Balaban J connectivity index is 2.20. The van der Waals surface area contributed by atoms with Crippen LogP contribution in [0.5, 0.6) is 0 Å². The van der Waals surface area contributed by atoms with Crippen molar-refractivity contribution < 1.29 is 4.79 Å². The number of primary amides is 1. The van der Waals surface area contributed by atoms with Gasteiger partial charge in [-0.25, -0.2) is 0 Å². The zero-order chi connectivity index (χ0) is 10.4. The van der Waals surface area contributed by atoms with Crippen molar-refractivity contribution in [2.24, 2.45) is 11.7 Å². The maximum atomic E-state index is 11.0. The van der Waals surface area contributed by atoms with Crippen molar-refractivity contribution in [1.29, 1.82) is 0 Å². The number of hydrogen-bond donors (Lipinski definition) is 2. The van der Waals surface area contributed by atoms with Crippen molar-refractivity contribution in [2.75, 3.05) is 18.1 Å². The lowest BCUT2D eigenvalue weighted by Crippen LogP contribution is -2.43. The molecule has 0 bridgehead atoms. The molecule has 1 amide bonds. The van der Waals surface area contributed by atoms with E-state index in [-0.39, 0.29) is 11.9 Å². The Hall–Kier alpha value is -0.220. The van der Waals surface area contributed by atoms with E-state index in [9.17, 15) is 4.79 Å². The Morgan fingerprint density at radius 2 is 2.21 bits per heavy atom. The molecule has 1 saturated heterocycles. The summed E-state index contributed by atoms with van der Waals surface area (Å²) in [5, 5.41) is 3.25. The van der Waals surface area contributed by atoms with Crippen LogP contribution in [0.3, 0.4) is 0 Å². The lowest BCUT2D eigenvalue weighted by molar-refractivity contribution is -0.120. The first-order valence-corrected chi connectivity index (χ1v) is 6.50. The molecule has 3 nitrogen and oxygen atoms in total. The van der Waals surface area contributed by atoms with Crippen molar-refractivity contribution in [3.05, 3.63) is 0 Å². The summed E-state index contributed by atoms with van der Waals surface area (Å²) in [7, 11) is 0. The van der Waals surface area contributed by atoms with Crippen molar-refractivity contribution in [1.82, 2.24) is 5.32 Å². The number of thioether (sulfide) groups is 1. The summed E-state index contributed by atoms with van der Waals surface area (Å²) in [4.78, 5) is 11.0. The first kappa shape index (κ1) is 11.9. The Kier molecular flexibility index (Phi) is 5.33. The number of amides is 1. The molecule has 0 radical (unpaired) electrons. The van der Waals surface area contributed by atoms with Crippen LogP contribution in [0.15, 0.2) is 0 Å². The van der Waals surface area contributed by atoms with Gasteiger partial charge in [0.15, 0.2) is 0 Å². The molecule has 0 saturated carbocycles. The van der Waals surface area contributed by atoms with Crippen LogP contribution in [0.2, 0.25) is 0 Å². The van der Waals surface area contributed by atoms with Crippen LogP contribution in [-0.2, 0) is 4.79 Å². The molecular formula is C10H20N2OS. The molecule has 1 aliphatic rings. The van der Waals surface area contributed by atoms with Crippen molar-refractivity contribution >= 4 is 17.7 Å². The Labute approximate surface area is 90.2 Å². The molecule has 1 aliphatic heterocycles. The fourth-order valence-electron chi connectivity index (χ4n) is 1.71. The third-order valence-corrected chi connectivity index (χ3v) is 3.79. The zero-order valence-electron chi connectivity index (χ0n) is 8.79. The van der Waals surface area contributed by atoms with E-state index in [0.29, 0.717) is 0 Å². The molecule has 82 valence electrons. The highest BCUT2D eigenvalue weighted by atomic mass is 32.2. The van der Waals surface area contributed by atoms with Crippen LogP contribution in [0.25, 0.3) is 0 Å². The van der Waals surface area contributed by atoms with E-state index in [1.165, 1.54) is 24.3 Å². The molecular weight excluding hydrogens is 196 g/mol. The third-order valence-electron chi connectivity index (χ3n) is 2.75. The lowest BCUT2D eigenvalue weighted by atomic mass is 10.0. The minimum absolute atomic E-state index is 0.135. The van der Waals surface area contributed by atoms with E-state index in [1.54, 1.807) is 0 Å². The number of hydrogen-bond acceptors (Lipinski definition) is 3. The minimum atomic E-state index is -0.224. The van der Waals surface area contributed by atoms with Gasteiger partial charge in [0.1, 0.15) is 0 Å². The van der Waals surface area contributed by atoms with Gasteiger partial charge in [0.2, 0.25) is 5.91 Å². The second kappa shape index (κ2) is 6.30. The van der Waals surface area contributed by atoms with Gasteiger partial charge in [0.05, 0.1) is 6.04 Å². The molecule has 14 heavy (non-hydrogen) atoms. The molecule has 0 aromatic heterocycles. The molecule has 1 rings (SSSR count). The predicted molar refractivity (Wildman–Crippen MR) is 61.3 cm³/mol. The third kappa shape index (κ3) is 3.88. The zero-order valence-corrected chi connectivity index (χ0v) is 9.61. The predicted octanol–water partition coefficient (Wildman–Crippen LogP) is 0.983. The highest BCUT2D eigenvalue weighted by molar-refractivity contribution is 7.99. The molecule has 0 spiro atoms. The molecule has 3 N–H and O–H groups in total. The van der Waals surface area contributed by atoms with E-state index in [4.69, 9.17) is 5.73 Å². The van der Waals surface area contributed by atoms with Crippen LogP contribution in [0.1, 0.15) is 26.2 Å². The molecule has 4 heteroatoms. The molecule has 1 fully saturated rings. The summed E-state index contributed by atoms with van der Waals surface area (Å²) < 4.78 is 0. The molecule has 1 atom stereocenters. The summed E-state index contributed by atoms with van der Waals surface area (Å²) in [5.74, 6) is 3.04. The summed E-state index contributed by atoms with van der Waals surface area (Å²) in [6.07, 6.45) is 3.33. The van der Waals surface area contributed by atoms with Gasteiger partial charge in [-0.15, -0.1) is 0 Å². The van der Waals surface area contributed by atoms with Crippen LogP contribution in [-0.4, -0.2) is 30.0 Å². The number of nitrogens with one attached hydrogen (secondary N) is 1. The van der Waals surface area contributed by atoms with E-state index >= 15 is 0 Å². The highest BCUT2D eigenvalue weighted by Gasteiger charge is 2.17. The molecule has 0 aliphatic carbocycles. The summed E-state index contributed by atoms with van der Waals surface area (Å²) >= 11 is 2.03. The Morgan fingerprint density at radius 3 is 2.71 bits per heavy atom. The van der Waals surface area contributed by atoms with Gasteiger partial charge in [-0.3, -0.25) is 4.79 Å². The number of carbonyl (C=O) groups excluding carboxylic acids is 1. The number of carbonyl (C=O) groups is 1. The monoisotopic (exact) mass is 216 g/mol. The molecule has 1 heterocycles. The van der Waals surface area contributed by atoms with Gasteiger partial charge < -0.3 is 11.1 Å². The number of rotatable bonds is 5. The van der Waals surface area contributed by atoms with Crippen molar-refractivity contribution in [3.63, 3.8) is 0 Å². The van der Waals surface area contributed by atoms with Crippen molar-refractivity contribution in [3.8, 4) is 0 Å². The van der Waals surface area contributed by atoms with Crippen LogP contribution in [0, 0.1) is 5.92 Å². The lowest BCUT2D eigenvalue weighted by Gasteiger charge is -2.23. The summed E-state index contributed by atoms with van der Waals surface area (Å²) in [6.45, 7) is 2.93. The fourth-order valence-corrected chi connectivity index (χ4v) is 2.91. The van der Waals surface area contributed by atoms with Crippen molar-refractivity contribution in [2.45, 2.75) is 32.2 Å². The van der Waals surface area contributed by atoms with Gasteiger partial charge in [-0.2, -0.15) is 11.8 Å².